The van der Waals surface area contributed by atoms with E-state index < -0.39 is 6.10 Å². The van der Waals surface area contributed by atoms with Gasteiger partial charge in [-0.25, -0.2) is 0 Å². The fourth-order valence-corrected chi connectivity index (χ4v) is 4.24. The highest BCUT2D eigenvalue weighted by Crippen LogP contribution is 2.14. The quantitative estimate of drug-likeness (QED) is 0.162. The van der Waals surface area contributed by atoms with E-state index in [-0.39, 0.29) is 13.2 Å². The van der Waals surface area contributed by atoms with E-state index in [2.05, 4.69) is 19.1 Å². The molecule has 5 heteroatoms. The summed E-state index contributed by atoms with van der Waals surface area (Å²) in [6.07, 6.45) is 21.2. The van der Waals surface area contributed by atoms with Crippen molar-refractivity contribution in [3.8, 4) is 12.1 Å². The highest BCUT2D eigenvalue weighted by Gasteiger charge is 2.09. The van der Waals surface area contributed by atoms with Gasteiger partial charge in [0, 0.05) is 6.61 Å². The summed E-state index contributed by atoms with van der Waals surface area (Å²) >= 11 is 0. The summed E-state index contributed by atoms with van der Waals surface area (Å²) < 4.78 is 11.4. The van der Waals surface area contributed by atoms with Gasteiger partial charge in [-0.2, -0.15) is 10.5 Å². The normalized spacial score (nSPS) is 11.8. The highest BCUT2D eigenvalue weighted by atomic mass is 16.5. The van der Waals surface area contributed by atoms with E-state index in [0.717, 1.165) is 12.0 Å². The largest absolute Gasteiger partial charge is 0.394 e. The predicted octanol–water partition coefficient (Wildman–Crippen LogP) is 7.59. The smallest absolute Gasteiger partial charge is 0.104 e. The van der Waals surface area contributed by atoms with Crippen LogP contribution in [0.4, 0.5) is 0 Å². The van der Waals surface area contributed by atoms with Crippen LogP contribution in [0.15, 0.2) is 18.2 Å². The molecule has 0 amide bonds. The fourth-order valence-electron chi connectivity index (χ4n) is 4.24. The third-order valence-electron chi connectivity index (χ3n) is 6.39. The minimum Gasteiger partial charge on any atom is -0.394 e. The van der Waals surface area contributed by atoms with Crippen LogP contribution in [0.25, 0.3) is 0 Å². The summed E-state index contributed by atoms with van der Waals surface area (Å²) in [4.78, 5) is 0. The van der Waals surface area contributed by atoms with E-state index in [4.69, 9.17) is 20.0 Å². The molecule has 196 valence electrons. The van der Waals surface area contributed by atoms with Crippen molar-refractivity contribution >= 4 is 0 Å². The van der Waals surface area contributed by atoms with Crippen LogP contribution < -0.4 is 0 Å². The van der Waals surface area contributed by atoms with Crippen molar-refractivity contribution in [2.45, 2.75) is 122 Å². The summed E-state index contributed by atoms with van der Waals surface area (Å²) in [6, 6.07) is 9.05. The number of nitriles is 2. The van der Waals surface area contributed by atoms with Crippen molar-refractivity contribution in [1.29, 1.82) is 10.5 Å². The topological polar surface area (TPSA) is 86.3 Å². The number of ether oxygens (including phenoxy) is 2. The molecule has 1 rings (SSSR count). The van der Waals surface area contributed by atoms with Gasteiger partial charge in [-0.05, 0) is 30.2 Å². The van der Waals surface area contributed by atoms with Crippen molar-refractivity contribution in [2.75, 3.05) is 19.8 Å². The van der Waals surface area contributed by atoms with Crippen LogP contribution in [-0.4, -0.2) is 31.0 Å². The molecule has 0 aliphatic rings. The van der Waals surface area contributed by atoms with Crippen LogP contribution in [0.1, 0.15) is 126 Å². The molecule has 1 aromatic carbocycles. The van der Waals surface area contributed by atoms with Crippen molar-refractivity contribution in [3.05, 3.63) is 34.9 Å². The van der Waals surface area contributed by atoms with Crippen molar-refractivity contribution < 1.29 is 14.6 Å². The van der Waals surface area contributed by atoms with E-state index in [9.17, 15) is 5.11 Å². The van der Waals surface area contributed by atoms with Crippen LogP contribution in [-0.2, 0) is 16.1 Å². The number of hydrogen-bond donors (Lipinski definition) is 1. The minimum atomic E-state index is -0.410. The molecule has 0 aromatic heterocycles. The van der Waals surface area contributed by atoms with Gasteiger partial charge in [0.25, 0.3) is 0 Å². The summed E-state index contributed by atoms with van der Waals surface area (Å²) in [5.41, 5.74) is 1.61. The molecule has 1 aromatic rings. The third-order valence-corrected chi connectivity index (χ3v) is 6.39. The van der Waals surface area contributed by atoms with Gasteiger partial charge in [0.1, 0.15) is 6.10 Å². The number of nitrogens with zero attached hydrogens (tertiary/aromatic N) is 2. The molecule has 0 spiro atoms. The predicted molar refractivity (Wildman–Crippen MR) is 142 cm³/mol. The number of aliphatic hydroxyl groups excluding tert-OH is 1. The second-order valence-corrected chi connectivity index (χ2v) is 9.64. The first-order valence-electron chi connectivity index (χ1n) is 14.0. The molecular weight excluding hydrogens is 436 g/mol. The van der Waals surface area contributed by atoms with E-state index in [1.807, 2.05) is 0 Å². The van der Waals surface area contributed by atoms with Gasteiger partial charge in [-0.1, -0.05) is 103 Å². The highest BCUT2D eigenvalue weighted by molar-refractivity contribution is 5.42. The molecule has 0 aliphatic carbocycles. The Bertz CT molecular complexity index is 691. The summed E-state index contributed by atoms with van der Waals surface area (Å²) in [5.74, 6) is 0. The molecule has 0 aliphatic heterocycles. The zero-order chi connectivity index (χ0) is 25.4. The van der Waals surface area contributed by atoms with Gasteiger partial charge in [-0.3, -0.25) is 0 Å². The van der Waals surface area contributed by atoms with Crippen LogP contribution in [0.5, 0.6) is 0 Å². The average molecular weight is 485 g/mol. The Balaban J connectivity index is 1.93. The number of benzene rings is 1. The van der Waals surface area contributed by atoms with Gasteiger partial charge >= 0.3 is 0 Å². The SMILES string of the molecule is CCCCCCCCCCCCCCCCCCOC[C@H](CO)OCc1cc(C#N)cc(C#N)c1. The molecule has 1 N–H and O–H groups in total. The zero-order valence-electron chi connectivity index (χ0n) is 22.1. The van der Waals surface area contributed by atoms with Crippen LogP contribution >= 0.6 is 0 Å². The van der Waals surface area contributed by atoms with E-state index in [1.54, 1.807) is 18.2 Å². The summed E-state index contributed by atoms with van der Waals surface area (Å²) in [6.45, 7) is 3.41. The number of rotatable bonds is 23. The Hall–Kier alpha value is -1.92. The van der Waals surface area contributed by atoms with Crippen molar-refractivity contribution in [2.24, 2.45) is 0 Å². The van der Waals surface area contributed by atoms with Gasteiger partial charge in [-0.15, -0.1) is 0 Å². The van der Waals surface area contributed by atoms with Crippen molar-refractivity contribution in [3.63, 3.8) is 0 Å². The first kappa shape index (κ1) is 31.1. The molecule has 0 saturated heterocycles. The van der Waals surface area contributed by atoms with Gasteiger partial charge < -0.3 is 14.6 Å². The summed E-state index contributed by atoms with van der Waals surface area (Å²) in [7, 11) is 0. The lowest BCUT2D eigenvalue weighted by Gasteiger charge is -2.16. The molecule has 0 unspecified atom stereocenters. The molecule has 0 radical (unpaired) electrons. The third kappa shape index (κ3) is 17.2. The number of unbranched alkanes of at least 4 members (excludes halogenated alkanes) is 15. The molecule has 1 atom stereocenters. The lowest BCUT2D eigenvalue weighted by molar-refractivity contribution is -0.0502. The fraction of sp³-hybridized carbons (Fsp3) is 0.733. The maximum absolute atomic E-state index is 9.54. The molecule has 0 bridgehead atoms. The molecular formula is C30H48N2O3. The van der Waals surface area contributed by atoms with E-state index in [0.29, 0.717) is 24.3 Å². The molecule has 5 nitrogen and oxygen atoms in total. The van der Waals surface area contributed by atoms with Crippen LogP contribution in [0.3, 0.4) is 0 Å². The number of aliphatic hydroxyl groups is 1. The van der Waals surface area contributed by atoms with Gasteiger partial charge in [0.05, 0.1) is 43.1 Å². The zero-order valence-corrected chi connectivity index (χ0v) is 22.1. The average Bonchev–Trinajstić information content (AvgIpc) is 2.89. The first-order valence-corrected chi connectivity index (χ1v) is 14.0. The lowest BCUT2D eigenvalue weighted by atomic mass is 10.0. The molecule has 0 fully saturated rings. The maximum atomic E-state index is 9.54. The second-order valence-electron chi connectivity index (χ2n) is 9.64. The first-order chi connectivity index (χ1) is 17.2. The van der Waals surface area contributed by atoms with Gasteiger partial charge in [0.15, 0.2) is 0 Å². The lowest BCUT2D eigenvalue weighted by Crippen LogP contribution is -2.24. The van der Waals surface area contributed by atoms with Gasteiger partial charge in [0.2, 0.25) is 0 Å². The molecule has 0 heterocycles. The Labute approximate surface area is 214 Å². The maximum Gasteiger partial charge on any atom is 0.104 e. The Kier molecular flexibility index (Phi) is 20.0. The second kappa shape index (κ2) is 22.5. The van der Waals surface area contributed by atoms with Crippen molar-refractivity contribution in [1.82, 2.24) is 0 Å². The Morgan fingerprint density at radius 2 is 1.17 bits per heavy atom. The Morgan fingerprint density at radius 1 is 0.714 bits per heavy atom. The summed E-state index contributed by atoms with van der Waals surface area (Å²) in [5, 5.41) is 27.7. The Morgan fingerprint density at radius 3 is 1.60 bits per heavy atom. The minimum absolute atomic E-state index is 0.123. The van der Waals surface area contributed by atoms with Crippen LogP contribution in [0, 0.1) is 22.7 Å². The molecule has 35 heavy (non-hydrogen) atoms. The number of hydrogen-bond acceptors (Lipinski definition) is 5. The van der Waals surface area contributed by atoms with Crippen LogP contribution in [0.2, 0.25) is 0 Å². The standard InChI is InChI=1S/C30H48N2O3/c1-2-3-4-5-6-7-8-9-10-11-12-13-14-15-16-17-18-34-26-30(24-33)35-25-29-20-27(22-31)19-28(21-29)23-32/h19-21,30,33H,2-18,24-26H2,1H3/t30-/m0/s1. The van der Waals surface area contributed by atoms with E-state index in [1.165, 1.54) is 96.3 Å². The monoisotopic (exact) mass is 484 g/mol. The van der Waals surface area contributed by atoms with E-state index >= 15 is 0 Å². The molecule has 0 saturated carbocycles.